The molecule has 0 fully saturated rings. The number of phenols is 1. The van der Waals surface area contributed by atoms with E-state index in [1.165, 1.54) is 0 Å². The van der Waals surface area contributed by atoms with E-state index >= 15 is 0 Å². The third-order valence-electron chi connectivity index (χ3n) is 0.756. The Hall–Kier alpha value is -0.687. The van der Waals surface area contributed by atoms with E-state index < -0.39 is 0 Å². The van der Waals surface area contributed by atoms with Crippen molar-refractivity contribution in [2.24, 2.45) is 0 Å². The van der Waals surface area contributed by atoms with E-state index in [1.807, 2.05) is 12.9 Å². The Kier molecular flexibility index (Phi) is 10.0. The van der Waals surface area contributed by atoms with Gasteiger partial charge in [-0.1, -0.05) is 18.2 Å². The van der Waals surface area contributed by atoms with Crippen molar-refractivity contribution in [3.63, 3.8) is 0 Å². The van der Waals surface area contributed by atoms with Crippen LogP contribution in [0.2, 0.25) is 0 Å². The van der Waals surface area contributed by atoms with Crippen LogP contribution < -0.4 is 0 Å². The van der Waals surface area contributed by atoms with Crippen molar-refractivity contribution < 1.29 is 29.4 Å². The molecule has 10 heavy (non-hydrogen) atoms. The van der Waals surface area contributed by atoms with Gasteiger partial charge in [0.25, 0.3) is 0 Å². The Bertz CT molecular complexity index is 153. The molecule has 0 saturated heterocycles. The molecular formula is C7H8O2Zn. The van der Waals surface area contributed by atoms with Gasteiger partial charge in [-0.2, -0.15) is 0 Å². The smallest absolute Gasteiger partial charge is 0.115 e. The van der Waals surface area contributed by atoms with E-state index in [0.29, 0.717) is 5.75 Å². The Morgan fingerprint density at radius 3 is 1.70 bits per heavy atom. The normalized spacial score (nSPS) is 6.40. The van der Waals surface area contributed by atoms with Crippen LogP contribution in [0.5, 0.6) is 5.75 Å². The molecule has 1 aromatic rings. The van der Waals surface area contributed by atoms with E-state index in [2.05, 4.69) is 0 Å². The Balaban J connectivity index is 0. The van der Waals surface area contributed by atoms with Gasteiger partial charge in [0, 0.05) is 19.5 Å². The summed E-state index contributed by atoms with van der Waals surface area (Å²) in [5, 5.41) is 8.63. The number of aromatic hydroxyl groups is 1. The summed E-state index contributed by atoms with van der Waals surface area (Å²) in [6.07, 6.45) is 0. The topological polar surface area (TPSA) is 37.3 Å². The third kappa shape index (κ3) is 5.45. The van der Waals surface area contributed by atoms with Crippen LogP contribution in [0.3, 0.4) is 0 Å². The fourth-order valence-corrected chi connectivity index (χ4v) is 0.428. The van der Waals surface area contributed by atoms with Crippen molar-refractivity contribution in [3.8, 4) is 5.75 Å². The van der Waals surface area contributed by atoms with Crippen LogP contribution in [-0.4, -0.2) is 11.9 Å². The summed E-state index contributed by atoms with van der Waals surface area (Å²) in [7, 11) is 0. The van der Waals surface area contributed by atoms with Crippen molar-refractivity contribution in [1.82, 2.24) is 0 Å². The molecule has 1 aromatic carbocycles. The van der Waals surface area contributed by atoms with Gasteiger partial charge in [0.15, 0.2) is 0 Å². The summed E-state index contributed by atoms with van der Waals surface area (Å²) in [5.74, 6) is 0.322. The number of phenolic OH excluding ortho intramolecular Hbond substituents is 1. The van der Waals surface area contributed by atoms with Crippen LogP contribution in [-0.2, 0) is 24.3 Å². The van der Waals surface area contributed by atoms with Crippen molar-refractivity contribution in [3.05, 3.63) is 30.3 Å². The average molecular weight is 190 g/mol. The van der Waals surface area contributed by atoms with Crippen molar-refractivity contribution in [2.75, 3.05) is 0 Å². The molecule has 0 bridgehead atoms. The molecule has 0 heterocycles. The Morgan fingerprint density at radius 1 is 1.10 bits per heavy atom. The van der Waals surface area contributed by atoms with E-state index in [0.717, 1.165) is 0 Å². The zero-order valence-electron chi connectivity index (χ0n) is 5.66. The predicted octanol–water partition coefficient (Wildman–Crippen LogP) is 1.20. The van der Waals surface area contributed by atoms with Gasteiger partial charge in [-0.15, -0.1) is 0 Å². The number of hydrogen-bond acceptors (Lipinski definition) is 2. The van der Waals surface area contributed by atoms with Crippen molar-refractivity contribution in [1.29, 1.82) is 0 Å². The molecule has 0 radical (unpaired) electrons. The van der Waals surface area contributed by atoms with Crippen molar-refractivity contribution in [2.45, 2.75) is 0 Å². The summed E-state index contributed by atoms with van der Waals surface area (Å²) in [5.41, 5.74) is 0. The molecule has 3 heteroatoms. The zero-order chi connectivity index (χ0) is 7.11. The minimum atomic E-state index is 0. The van der Waals surface area contributed by atoms with E-state index in [4.69, 9.17) is 9.90 Å². The summed E-state index contributed by atoms with van der Waals surface area (Å²) >= 11 is 0. The predicted molar refractivity (Wildman–Crippen MR) is 35.2 cm³/mol. The Labute approximate surface area is 72.6 Å². The second kappa shape index (κ2) is 8.31. The molecule has 0 aliphatic heterocycles. The van der Waals surface area contributed by atoms with E-state index in [9.17, 15) is 0 Å². The van der Waals surface area contributed by atoms with Gasteiger partial charge >= 0.3 is 0 Å². The van der Waals surface area contributed by atoms with Gasteiger partial charge in [-0.3, -0.25) is 0 Å². The van der Waals surface area contributed by atoms with Crippen LogP contribution in [0.15, 0.2) is 30.3 Å². The maximum Gasteiger partial charge on any atom is 0.115 e. The SMILES string of the molecule is C=O.Oc1ccccc1.[Zn]. The summed E-state index contributed by atoms with van der Waals surface area (Å²) in [4.78, 5) is 8.00. The molecule has 0 aromatic heterocycles. The average Bonchev–Trinajstić information content (AvgIpc) is 1.94. The van der Waals surface area contributed by atoms with Crippen LogP contribution in [0.25, 0.3) is 0 Å². The van der Waals surface area contributed by atoms with E-state index in [1.54, 1.807) is 24.3 Å². The number of carbonyl (C=O) groups excluding carboxylic acids is 1. The Morgan fingerprint density at radius 2 is 1.50 bits per heavy atom. The van der Waals surface area contributed by atoms with E-state index in [-0.39, 0.29) is 19.5 Å². The van der Waals surface area contributed by atoms with Crippen LogP contribution in [0, 0.1) is 0 Å². The van der Waals surface area contributed by atoms with Crippen LogP contribution >= 0.6 is 0 Å². The molecule has 1 rings (SSSR count). The number of benzene rings is 1. The second-order valence-electron chi connectivity index (χ2n) is 1.34. The van der Waals surface area contributed by atoms with Crippen molar-refractivity contribution >= 4 is 6.79 Å². The third-order valence-corrected chi connectivity index (χ3v) is 0.756. The molecule has 0 aliphatic carbocycles. The molecule has 0 spiro atoms. The quantitative estimate of drug-likeness (QED) is 0.623. The molecule has 0 saturated carbocycles. The summed E-state index contributed by atoms with van der Waals surface area (Å²) in [6.45, 7) is 2.00. The maximum absolute atomic E-state index is 8.63. The molecule has 1 N–H and O–H groups in total. The minimum Gasteiger partial charge on any atom is -0.508 e. The zero-order valence-corrected chi connectivity index (χ0v) is 8.62. The molecule has 0 unspecified atom stereocenters. The first-order valence-electron chi connectivity index (χ1n) is 2.42. The minimum absolute atomic E-state index is 0. The first-order valence-corrected chi connectivity index (χ1v) is 2.42. The molecular weight excluding hydrogens is 181 g/mol. The standard InChI is InChI=1S/C6H6O.CH2O.Zn/c7-6-4-2-1-3-5-6;1-2;/h1-5,7H;1H2;. The molecule has 0 aliphatic rings. The van der Waals surface area contributed by atoms with Gasteiger partial charge in [0.1, 0.15) is 12.5 Å². The molecule has 0 atom stereocenters. The van der Waals surface area contributed by atoms with Gasteiger partial charge in [0.05, 0.1) is 0 Å². The molecule has 0 amide bonds. The summed E-state index contributed by atoms with van der Waals surface area (Å²) < 4.78 is 0. The fourth-order valence-electron chi connectivity index (χ4n) is 0.428. The van der Waals surface area contributed by atoms with Crippen LogP contribution in [0.1, 0.15) is 0 Å². The molecule has 2 nitrogen and oxygen atoms in total. The van der Waals surface area contributed by atoms with Gasteiger partial charge in [-0.25, -0.2) is 0 Å². The monoisotopic (exact) mass is 188 g/mol. The first kappa shape index (κ1) is 12.0. The fraction of sp³-hybridized carbons (Fsp3) is 0. The number of para-hydroxylation sites is 1. The second-order valence-corrected chi connectivity index (χ2v) is 1.34. The summed E-state index contributed by atoms with van der Waals surface area (Å²) in [6, 6.07) is 8.71. The van der Waals surface area contributed by atoms with Gasteiger partial charge < -0.3 is 9.90 Å². The van der Waals surface area contributed by atoms with Crippen LogP contribution in [0.4, 0.5) is 0 Å². The number of carbonyl (C=O) groups is 1. The largest absolute Gasteiger partial charge is 0.508 e. The first-order chi connectivity index (χ1) is 4.39. The number of rotatable bonds is 0. The van der Waals surface area contributed by atoms with Gasteiger partial charge in [0.2, 0.25) is 0 Å². The molecule has 50 valence electrons. The number of hydrogen-bond donors (Lipinski definition) is 1. The van der Waals surface area contributed by atoms with Gasteiger partial charge in [-0.05, 0) is 12.1 Å². The maximum atomic E-state index is 8.63.